The molecule has 1 N–H and O–H groups in total. The Bertz CT molecular complexity index is 563. The zero-order chi connectivity index (χ0) is 15.3. The Morgan fingerprint density at radius 2 is 1.81 bits per heavy atom. The predicted molar refractivity (Wildman–Crippen MR) is 80.5 cm³/mol. The van der Waals surface area contributed by atoms with Crippen LogP contribution in [0.5, 0.6) is 0 Å². The van der Waals surface area contributed by atoms with E-state index in [1.165, 1.54) is 4.31 Å². The maximum absolute atomic E-state index is 12.2. The van der Waals surface area contributed by atoms with E-state index in [0.29, 0.717) is 32.4 Å². The average molecular weight is 311 g/mol. The molecule has 0 radical (unpaired) electrons. The van der Waals surface area contributed by atoms with E-state index in [4.69, 9.17) is 5.11 Å². The smallest absolute Gasteiger partial charge is 0.306 e. The first-order valence-electron chi connectivity index (χ1n) is 7.23. The van der Waals surface area contributed by atoms with E-state index >= 15 is 0 Å². The number of nitrogens with zero attached hydrogens (tertiary/aromatic N) is 1. The van der Waals surface area contributed by atoms with Gasteiger partial charge >= 0.3 is 5.97 Å². The summed E-state index contributed by atoms with van der Waals surface area (Å²) in [6.07, 6.45) is 2.15. The first kappa shape index (κ1) is 16.0. The maximum atomic E-state index is 12.2. The molecule has 0 aromatic heterocycles. The molecule has 21 heavy (non-hydrogen) atoms. The Morgan fingerprint density at radius 1 is 1.19 bits per heavy atom. The molecule has 0 unspecified atom stereocenters. The molecule has 1 fully saturated rings. The molecule has 6 heteroatoms. The summed E-state index contributed by atoms with van der Waals surface area (Å²) < 4.78 is 25.9. The largest absolute Gasteiger partial charge is 0.481 e. The Balaban J connectivity index is 1.81. The van der Waals surface area contributed by atoms with E-state index in [1.807, 2.05) is 30.3 Å². The predicted octanol–water partition coefficient (Wildman–Crippen LogP) is 1.75. The molecular weight excluding hydrogens is 290 g/mol. The van der Waals surface area contributed by atoms with Gasteiger partial charge in [-0.3, -0.25) is 4.79 Å². The summed E-state index contributed by atoms with van der Waals surface area (Å²) in [4.78, 5) is 10.9. The van der Waals surface area contributed by atoms with Crippen molar-refractivity contribution in [1.29, 1.82) is 0 Å². The zero-order valence-electron chi connectivity index (χ0n) is 11.9. The number of aliphatic carboxylic acids is 1. The van der Waals surface area contributed by atoms with Gasteiger partial charge in [-0.15, -0.1) is 0 Å². The summed E-state index contributed by atoms with van der Waals surface area (Å²) in [5.74, 6) is -1.10. The van der Waals surface area contributed by atoms with Crippen LogP contribution >= 0.6 is 0 Å². The van der Waals surface area contributed by atoms with E-state index in [-0.39, 0.29) is 5.75 Å². The fourth-order valence-electron chi connectivity index (χ4n) is 2.61. The fraction of sp³-hybridized carbons (Fsp3) is 0.533. The third-order valence-electron chi connectivity index (χ3n) is 3.91. The zero-order valence-corrected chi connectivity index (χ0v) is 12.8. The molecule has 2 rings (SSSR count). The van der Waals surface area contributed by atoms with Crippen molar-refractivity contribution in [2.24, 2.45) is 5.92 Å². The minimum absolute atomic E-state index is 0.125. The first-order valence-corrected chi connectivity index (χ1v) is 8.84. The van der Waals surface area contributed by atoms with Gasteiger partial charge in [-0.25, -0.2) is 12.7 Å². The number of piperidine rings is 1. The molecule has 1 aromatic carbocycles. The van der Waals surface area contributed by atoms with Crippen molar-refractivity contribution in [3.05, 3.63) is 35.9 Å². The lowest BCUT2D eigenvalue weighted by Gasteiger charge is -2.29. The molecule has 0 atom stereocenters. The minimum atomic E-state index is -3.26. The van der Waals surface area contributed by atoms with Crippen LogP contribution in [0.25, 0.3) is 0 Å². The molecule has 0 aliphatic carbocycles. The molecule has 1 aliphatic rings. The second kappa shape index (κ2) is 7.04. The Morgan fingerprint density at radius 3 is 2.38 bits per heavy atom. The van der Waals surface area contributed by atoms with Crippen molar-refractivity contribution in [3.63, 3.8) is 0 Å². The average Bonchev–Trinajstić information content (AvgIpc) is 2.48. The normalized spacial score (nSPS) is 17.7. The third-order valence-corrected chi connectivity index (χ3v) is 5.86. The Hall–Kier alpha value is -1.40. The van der Waals surface area contributed by atoms with Crippen LogP contribution < -0.4 is 0 Å². The summed E-state index contributed by atoms with van der Waals surface area (Å²) in [7, 11) is -3.26. The van der Waals surface area contributed by atoms with Crippen LogP contribution in [-0.4, -0.2) is 42.6 Å². The monoisotopic (exact) mass is 311 g/mol. The van der Waals surface area contributed by atoms with Crippen molar-refractivity contribution in [2.45, 2.75) is 25.7 Å². The second-order valence-corrected chi connectivity index (χ2v) is 7.51. The number of carbonyl (C=O) groups is 1. The van der Waals surface area contributed by atoms with Crippen LogP contribution in [0.3, 0.4) is 0 Å². The lowest BCUT2D eigenvalue weighted by molar-refractivity contribution is -0.142. The highest BCUT2D eigenvalue weighted by atomic mass is 32.2. The summed E-state index contributed by atoms with van der Waals surface area (Å²) in [5.41, 5.74) is 1.14. The van der Waals surface area contributed by atoms with Crippen molar-refractivity contribution in [2.75, 3.05) is 18.8 Å². The van der Waals surface area contributed by atoms with Crippen LogP contribution in [0.4, 0.5) is 0 Å². The van der Waals surface area contributed by atoms with Gasteiger partial charge in [0.15, 0.2) is 0 Å². The Labute approximate surface area is 125 Å². The van der Waals surface area contributed by atoms with Gasteiger partial charge in [-0.2, -0.15) is 0 Å². The minimum Gasteiger partial charge on any atom is -0.481 e. The quantitative estimate of drug-likeness (QED) is 0.868. The SMILES string of the molecule is O=C(O)C1CCN(S(=O)(=O)CCCc2ccccc2)CC1. The molecule has 116 valence electrons. The number of carboxylic acids is 1. The Kier molecular flexibility index (Phi) is 5.36. The summed E-state index contributed by atoms with van der Waals surface area (Å²) in [5, 5.41) is 8.93. The van der Waals surface area contributed by atoms with E-state index in [0.717, 1.165) is 12.0 Å². The first-order chi connectivity index (χ1) is 9.99. The number of hydrogen-bond acceptors (Lipinski definition) is 3. The standard InChI is InChI=1S/C15H21NO4S/c17-15(18)14-8-10-16(11-9-14)21(19,20)12-4-7-13-5-2-1-3-6-13/h1-3,5-6,14H,4,7-12H2,(H,17,18). The van der Waals surface area contributed by atoms with Gasteiger partial charge in [0.1, 0.15) is 0 Å². The van der Waals surface area contributed by atoms with Gasteiger partial charge in [0.25, 0.3) is 0 Å². The van der Waals surface area contributed by atoms with Gasteiger partial charge < -0.3 is 5.11 Å². The highest BCUT2D eigenvalue weighted by Crippen LogP contribution is 2.20. The van der Waals surface area contributed by atoms with Crippen LogP contribution in [0.1, 0.15) is 24.8 Å². The lowest BCUT2D eigenvalue weighted by Crippen LogP contribution is -2.41. The van der Waals surface area contributed by atoms with E-state index in [9.17, 15) is 13.2 Å². The lowest BCUT2D eigenvalue weighted by atomic mass is 9.99. The summed E-state index contributed by atoms with van der Waals surface area (Å²) in [6.45, 7) is 0.648. The van der Waals surface area contributed by atoms with Gasteiger partial charge in [0, 0.05) is 13.1 Å². The molecule has 5 nitrogen and oxygen atoms in total. The van der Waals surface area contributed by atoms with E-state index < -0.39 is 21.9 Å². The van der Waals surface area contributed by atoms with Gasteiger partial charge in [-0.05, 0) is 31.2 Å². The molecule has 0 saturated carbocycles. The maximum Gasteiger partial charge on any atom is 0.306 e. The topological polar surface area (TPSA) is 74.7 Å². The molecule has 0 spiro atoms. The van der Waals surface area contributed by atoms with Gasteiger partial charge in [-0.1, -0.05) is 30.3 Å². The summed E-state index contributed by atoms with van der Waals surface area (Å²) in [6, 6.07) is 9.81. The number of aryl methyl sites for hydroxylation is 1. The van der Waals surface area contributed by atoms with E-state index in [1.54, 1.807) is 0 Å². The van der Waals surface area contributed by atoms with Crippen molar-refractivity contribution >= 4 is 16.0 Å². The molecular formula is C15H21NO4S. The highest BCUT2D eigenvalue weighted by molar-refractivity contribution is 7.89. The van der Waals surface area contributed by atoms with Crippen LogP contribution in [0, 0.1) is 5.92 Å². The number of carboxylic acid groups (broad SMARTS) is 1. The second-order valence-electron chi connectivity index (χ2n) is 5.42. The van der Waals surface area contributed by atoms with Crippen LogP contribution in [0.15, 0.2) is 30.3 Å². The third kappa shape index (κ3) is 4.54. The van der Waals surface area contributed by atoms with Crippen LogP contribution in [-0.2, 0) is 21.2 Å². The highest BCUT2D eigenvalue weighted by Gasteiger charge is 2.30. The molecule has 1 aromatic rings. The van der Waals surface area contributed by atoms with Crippen molar-refractivity contribution < 1.29 is 18.3 Å². The molecule has 1 aliphatic heterocycles. The number of rotatable bonds is 6. The summed E-state index contributed by atoms with van der Waals surface area (Å²) >= 11 is 0. The van der Waals surface area contributed by atoms with Gasteiger partial charge in [0.2, 0.25) is 10.0 Å². The van der Waals surface area contributed by atoms with Crippen LogP contribution in [0.2, 0.25) is 0 Å². The number of hydrogen-bond donors (Lipinski definition) is 1. The van der Waals surface area contributed by atoms with Crippen molar-refractivity contribution in [3.8, 4) is 0 Å². The molecule has 1 saturated heterocycles. The number of sulfonamides is 1. The fourth-order valence-corrected chi connectivity index (χ4v) is 4.15. The van der Waals surface area contributed by atoms with Crippen molar-refractivity contribution in [1.82, 2.24) is 4.31 Å². The molecule has 0 bridgehead atoms. The molecule has 0 amide bonds. The number of benzene rings is 1. The van der Waals surface area contributed by atoms with Gasteiger partial charge in [0.05, 0.1) is 11.7 Å². The molecule has 1 heterocycles. The van der Waals surface area contributed by atoms with E-state index in [2.05, 4.69) is 0 Å².